The molecule has 7 heteroatoms. The summed E-state index contributed by atoms with van der Waals surface area (Å²) < 4.78 is 35.4. The Morgan fingerprint density at radius 3 is 2.38 bits per heavy atom. The number of ether oxygens (including phenoxy) is 1. The number of benzene rings is 2. The van der Waals surface area contributed by atoms with Gasteiger partial charge in [0.25, 0.3) is 8.32 Å². The molecule has 170 valence electrons. The monoisotopic (exact) mass is 469 g/mol. The molecule has 0 N–H and O–H groups in total. The fraction of sp³-hybridized carbons (Fsp3) is 0.320. The van der Waals surface area contributed by atoms with Crippen LogP contribution in [0.4, 0.5) is 0 Å². The standard InChI is InChI=1S/C25H31NO4SSi/c1-7-31(27,28)14-13-21-9-8-10-22(15-21)18-32(19(2)3,20(4)5)30-25-12-11-24(29-6)16-23(25)17-26/h7-16,19-20H,1,18H2,2-6H3/b14-13+. The second kappa shape index (κ2) is 10.7. The average molecular weight is 470 g/mol. The molecule has 2 aromatic carbocycles. The third-order valence-electron chi connectivity index (χ3n) is 5.68. The Morgan fingerprint density at radius 2 is 1.81 bits per heavy atom. The predicted octanol–water partition coefficient (Wildman–Crippen LogP) is 6.02. The zero-order chi connectivity index (χ0) is 23.9. The van der Waals surface area contributed by atoms with Crippen LogP contribution in [-0.2, 0) is 15.9 Å². The highest BCUT2D eigenvalue weighted by Crippen LogP contribution is 2.39. The van der Waals surface area contributed by atoms with E-state index >= 15 is 0 Å². The molecule has 0 saturated carbocycles. The Balaban J connectivity index is 2.46. The minimum Gasteiger partial charge on any atom is -0.542 e. The van der Waals surface area contributed by atoms with Crippen LogP contribution in [0.2, 0.25) is 11.1 Å². The van der Waals surface area contributed by atoms with Gasteiger partial charge < -0.3 is 9.16 Å². The highest BCUT2D eigenvalue weighted by Gasteiger charge is 2.44. The number of hydrogen-bond donors (Lipinski definition) is 0. The number of nitrogens with zero attached hydrogens (tertiary/aromatic N) is 1. The molecule has 0 radical (unpaired) electrons. The van der Waals surface area contributed by atoms with Gasteiger partial charge in [0.05, 0.1) is 12.7 Å². The summed E-state index contributed by atoms with van der Waals surface area (Å²) in [6.45, 7) is 12.0. The molecular formula is C25H31NO4SSi. The van der Waals surface area contributed by atoms with Gasteiger partial charge in [0.2, 0.25) is 0 Å². The molecule has 0 bridgehead atoms. The van der Waals surface area contributed by atoms with E-state index in [1.165, 1.54) is 0 Å². The van der Waals surface area contributed by atoms with Crippen molar-refractivity contribution >= 4 is 24.2 Å². The molecule has 0 heterocycles. The predicted molar refractivity (Wildman–Crippen MR) is 133 cm³/mol. The van der Waals surface area contributed by atoms with Gasteiger partial charge in [-0.15, -0.1) is 0 Å². The van der Waals surface area contributed by atoms with E-state index < -0.39 is 18.2 Å². The Labute approximate surface area is 193 Å². The lowest BCUT2D eigenvalue weighted by Gasteiger charge is -2.39. The maximum absolute atomic E-state index is 11.7. The van der Waals surface area contributed by atoms with Crippen LogP contribution in [-0.4, -0.2) is 23.8 Å². The molecule has 0 aliphatic rings. The first kappa shape index (κ1) is 25.4. The van der Waals surface area contributed by atoms with E-state index in [4.69, 9.17) is 9.16 Å². The van der Waals surface area contributed by atoms with Gasteiger partial charge in [-0.05, 0) is 40.4 Å². The van der Waals surface area contributed by atoms with Crippen molar-refractivity contribution in [3.63, 3.8) is 0 Å². The van der Waals surface area contributed by atoms with Gasteiger partial charge in [-0.2, -0.15) is 5.26 Å². The van der Waals surface area contributed by atoms with Gasteiger partial charge in [-0.25, -0.2) is 8.42 Å². The van der Waals surface area contributed by atoms with Crippen molar-refractivity contribution < 1.29 is 17.6 Å². The molecule has 0 aliphatic heterocycles. The second-order valence-corrected chi connectivity index (χ2v) is 14.9. The summed E-state index contributed by atoms with van der Waals surface area (Å²) in [6, 6.07) is 16.1. The molecule has 2 aromatic rings. The van der Waals surface area contributed by atoms with E-state index in [1.54, 1.807) is 25.3 Å². The van der Waals surface area contributed by atoms with Crippen molar-refractivity contribution in [1.82, 2.24) is 0 Å². The summed E-state index contributed by atoms with van der Waals surface area (Å²) >= 11 is 0. The molecule has 0 aliphatic carbocycles. The first-order valence-corrected chi connectivity index (χ1v) is 14.4. The highest BCUT2D eigenvalue weighted by molar-refractivity contribution is 7.97. The summed E-state index contributed by atoms with van der Waals surface area (Å²) in [6.07, 6.45) is 1.58. The Hall–Kier alpha value is -2.82. The average Bonchev–Trinajstić information content (AvgIpc) is 2.77. The molecule has 0 saturated heterocycles. The Bertz CT molecular complexity index is 1120. The molecule has 0 fully saturated rings. The second-order valence-electron chi connectivity index (χ2n) is 8.32. The van der Waals surface area contributed by atoms with E-state index in [2.05, 4.69) is 40.3 Å². The number of rotatable bonds is 10. The minimum absolute atomic E-state index is 0.275. The topological polar surface area (TPSA) is 76.4 Å². The maximum Gasteiger partial charge on any atom is 0.260 e. The number of hydrogen-bond acceptors (Lipinski definition) is 5. The van der Waals surface area contributed by atoms with Gasteiger partial charge in [0, 0.05) is 22.9 Å². The zero-order valence-corrected chi connectivity index (χ0v) is 21.1. The molecule has 0 aromatic heterocycles. The number of nitriles is 1. The van der Waals surface area contributed by atoms with Crippen molar-refractivity contribution in [2.45, 2.75) is 44.8 Å². The van der Waals surface area contributed by atoms with Crippen molar-refractivity contribution in [2.24, 2.45) is 0 Å². The fourth-order valence-corrected chi connectivity index (χ4v) is 8.32. The van der Waals surface area contributed by atoms with E-state index in [0.717, 1.165) is 28.0 Å². The van der Waals surface area contributed by atoms with Crippen LogP contribution in [0.25, 0.3) is 6.08 Å². The van der Waals surface area contributed by atoms with Crippen LogP contribution >= 0.6 is 0 Å². The lowest BCUT2D eigenvalue weighted by Crippen LogP contribution is -2.50. The van der Waals surface area contributed by atoms with E-state index in [1.807, 2.05) is 30.3 Å². The third-order valence-corrected chi connectivity index (χ3v) is 12.1. The lowest BCUT2D eigenvalue weighted by atomic mass is 10.1. The first-order valence-electron chi connectivity index (χ1n) is 10.5. The molecule has 2 rings (SSSR count). The summed E-state index contributed by atoms with van der Waals surface area (Å²) in [7, 11) is -4.30. The van der Waals surface area contributed by atoms with E-state index in [0.29, 0.717) is 17.1 Å². The third kappa shape index (κ3) is 6.12. The SMILES string of the molecule is C=CS(=O)(=O)/C=C/c1cccc(C[Si](Oc2ccc(OC)cc2C#N)(C(C)C)C(C)C)c1. The lowest BCUT2D eigenvalue weighted by molar-refractivity contribution is 0.413. The zero-order valence-electron chi connectivity index (χ0n) is 19.3. The first-order chi connectivity index (χ1) is 15.1. The normalized spacial score (nSPS) is 12.2. The van der Waals surface area contributed by atoms with Crippen LogP contribution in [0.5, 0.6) is 11.5 Å². The molecular weight excluding hydrogens is 438 g/mol. The van der Waals surface area contributed by atoms with Crippen LogP contribution in [0, 0.1) is 11.3 Å². The van der Waals surface area contributed by atoms with Gasteiger partial charge in [-0.3, -0.25) is 0 Å². The summed E-state index contributed by atoms with van der Waals surface area (Å²) in [5, 5.41) is 11.7. The van der Waals surface area contributed by atoms with E-state index in [-0.39, 0.29) is 11.1 Å². The van der Waals surface area contributed by atoms with Crippen molar-refractivity contribution in [1.29, 1.82) is 5.26 Å². The summed E-state index contributed by atoms with van der Waals surface area (Å²) in [5.41, 5.74) is 2.87. The Morgan fingerprint density at radius 1 is 1.12 bits per heavy atom. The van der Waals surface area contributed by atoms with Crippen molar-refractivity contribution in [3.05, 3.63) is 76.5 Å². The number of methoxy groups -OCH3 is 1. The molecule has 0 spiro atoms. The maximum atomic E-state index is 11.7. The van der Waals surface area contributed by atoms with Gasteiger partial charge >= 0.3 is 0 Å². The number of sulfone groups is 1. The van der Waals surface area contributed by atoms with Crippen LogP contribution in [0.3, 0.4) is 0 Å². The molecule has 0 unspecified atom stereocenters. The molecule has 32 heavy (non-hydrogen) atoms. The van der Waals surface area contributed by atoms with Crippen LogP contribution < -0.4 is 9.16 Å². The largest absolute Gasteiger partial charge is 0.542 e. The molecule has 0 amide bonds. The van der Waals surface area contributed by atoms with Crippen molar-refractivity contribution in [3.8, 4) is 17.6 Å². The highest BCUT2D eigenvalue weighted by atomic mass is 32.2. The van der Waals surface area contributed by atoms with Crippen LogP contribution in [0.15, 0.2) is 59.9 Å². The summed E-state index contributed by atoms with van der Waals surface area (Å²) in [4.78, 5) is 0. The molecule has 0 atom stereocenters. The van der Waals surface area contributed by atoms with Gasteiger partial charge in [0.15, 0.2) is 9.84 Å². The van der Waals surface area contributed by atoms with Crippen molar-refractivity contribution in [2.75, 3.05) is 7.11 Å². The Kier molecular flexibility index (Phi) is 8.48. The van der Waals surface area contributed by atoms with E-state index in [9.17, 15) is 13.7 Å². The van der Waals surface area contributed by atoms with Gasteiger partial charge in [-0.1, -0.05) is 58.5 Å². The fourth-order valence-electron chi connectivity index (χ4n) is 3.72. The minimum atomic E-state index is -3.42. The quantitative estimate of drug-likeness (QED) is 0.398. The molecule has 5 nitrogen and oxygen atoms in total. The smallest absolute Gasteiger partial charge is 0.260 e. The summed E-state index contributed by atoms with van der Waals surface area (Å²) in [5.74, 6) is 1.19. The van der Waals surface area contributed by atoms with Gasteiger partial charge in [0.1, 0.15) is 17.6 Å². The van der Waals surface area contributed by atoms with Crippen LogP contribution in [0.1, 0.15) is 44.4 Å².